The zero-order chi connectivity index (χ0) is 25.5. The first-order valence-corrected chi connectivity index (χ1v) is 14.0. The maximum Gasteiger partial charge on any atom is 0.407 e. The van der Waals surface area contributed by atoms with Gasteiger partial charge in [0.15, 0.2) is 0 Å². The molecule has 0 bridgehead atoms. The normalized spacial score (nSPS) is 21.2. The lowest BCUT2D eigenvalue weighted by atomic mass is 9.77. The van der Waals surface area contributed by atoms with Gasteiger partial charge in [0.1, 0.15) is 6.10 Å². The van der Waals surface area contributed by atoms with Crippen molar-refractivity contribution in [3.63, 3.8) is 0 Å². The quantitative estimate of drug-likeness (QED) is 0.542. The first kappa shape index (κ1) is 25.7. The van der Waals surface area contributed by atoms with Crippen molar-refractivity contribution in [1.29, 1.82) is 0 Å². The zero-order valence-corrected chi connectivity index (χ0v) is 21.8. The fourth-order valence-electron chi connectivity index (χ4n) is 6.25. The molecule has 7 heteroatoms. The van der Waals surface area contributed by atoms with E-state index in [2.05, 4.69) is 27.3 Å². The molecular weight excluding hydrogens is 464 g/mol. The lowest BCUT2D eigenvalue weighted by molar-refractivity contribution is -0.138. The van der Waals surface area contributed by atoms with Gasteiger partial charge < -0.3 is 19.9 Å². The van der Waals surface area contributed by atoms with Crippen LogP contribution in [0.1, 0.15) is 75.0 Å². The number of rotatable bonds is 8. The van der Waals surface area contributed by atoms with E-state index in [0.29, 0.717) is 12.5 Å². The van der Waals surface area contributed by atoms with E-state index in [4.69, 9.17) is 4.74 Å². The van der Waals surface area contributed by atoms with Crippen molar-refractivity contribution in [2.45, 2.75) is 76.5 Å². The van der Waals surface area contributed by atoms with E-state index >= 15 is 0 Å². The second-order valence-corrected chi connectivity index (χ2v) is 11.0. The summed E-state index contributed by atoms with van der Waals surface area (Å²) in [7, 11) is 0. The molecule has 2 aromatic rings. The lowest BCUT2D eigenvalue weighted by Gasteiger charge is -2.38. The van der Waals surface area contributed by atoms with Crippen LogP contribution in [0.15, 0.2) is 54.9 Å². The third kappa shape index (κ3) is 6.50. The Morgan fingerprint density at radius 3 is 2.51 bits per heavy atom. The highest BCUT2D eigenvalue weighted by molar-refractivity contribution is 5.85. The van der Waals surface area contributed by atoms with Crippen molar-refractivity contribution in [3.05, 3.63) is 66.0 Å². The molecule has 2 saturated heterocycles. The van der Waals surface area contributed by atoms with Gasteiger partial charge in [0.2, 0.25) is 5.91 Å². The van der Waals surface area contributed by atoms with Crippen molar-refractivity contribution in [2.75, 3.05) is 26.2 Å². The number of carbonyl (C=O) groups excluding carboxylic acids is 2. The van der Waals surface area contributed by atoms with E-state index in [0.717, 1.165) is 88.7 Å². The number of aromatic nitrogens is 1. The highest BCUT2D eigenvalue weighted by atomic mass is 16.6. The Labute approximate surface area is 220 Å². The van der Waals surface area contributed by atoms with Crippen molar-refractivity contribution in [1.82, 2.24) is 20.1 Å². The number of nitrogens with zero attached hydrogens (tertiary/aromatic N) is 3. The van der Waals surface area contributed by atoms with Crippen LogP contribution in [-0.2, 0) is 16.1 Å². The fourth-order valence-corrected chi connectivity index (χ4v) is 6.25. The minimum atomic E-state index is -0.302. The number of carbonyl (C=O) groups is 2. The predicted octanol–water partition coefficient (Wildman–Crippen LogP) is 5.09. The van der Waals surface area contributed by atoms with Gasteiger partial charge in [0.05, 0.1) is 11.5 Å². The third-order valence-electron chi connectivity index (χ3n) is 8.56. The summed E-state index contributed by atoms with van der Waals surface area (Å²) < 4.78 is 5.75. The van der Waals surface area contributed by atoms with Gasteiger partial charge in [-0.1, -0.05) is 42.8 Å². The number of alkyl carbamates (subject to hydrolysis) is 1. The lowest BCUT2D eigenvalue weighted by Crippen LogP contribution is -2.45. The standard InChI is InChI=1S/C30H40N4O3/c35-28-30(16-21-34(28)23-24-8-7-17-31-22-24)14-19-33(20-15-30)18-13-27(25-9-3-1-4-10-25)32-29(36)37-26-11-5-2-6-12-26/h1,3-4,7-10,17,22,26-27H,2,5-6,11-16,18-21,23H2,(H,32,36)/t27-/m0/s1. The average Bonchev–Trinajstić information content (AvgIpc) is 3.23. The molecule has 1 aromatic carbocycles. The average molecular weight is 505 g/mol. The summed E-state index contributed by atoms with van der Waals surface area (Å²) in [6.07, 6.45) is 12.4. The Balaban J connectivity index is 1.13. The van der Waals surface area contributed by atoms with Crippen LogP contribution in [-0.4, -0.2) is 59.1 Å². The van der Waals surface area contributed by atoms with Crippen molar-refractivity contribution in [2.24, 2.45) is 5.41 Å². The highest BCUT2D eigenvalue weighted by Crippen LogP contribution is 2.42. The number of hydrogen-bond acceptors (Lipinski definition) is 5. The molecule has 3 fully saturated rings. The number of piperidine rings is 1. The maximum atomic E-state index is 13.4. The number of nitrogens with one attached hydrogen (secondary N) is 1. The molecule has 1 saturated carbocycles. The van der Waals surface area contributed by atoms with E-state index in [1.54, 1.807) is 6.20 Å². The van der Waals surface area contributed by atoms with E-state index in [1.165, 1.54) is 6.42 Å². The van der Waals surface area contributed by atoms with Crippen molar-refractivity contribution < 1.29 is 14.3 Å². The highest BCUT2D eigenvalue weighted by Gasteiger charge is 2.47. The summed E-state index contributed by atoms with van der Waals surface area (Å²) in [5.41, 5.74) is 1.99. The molecule has 1 aliphatic carbocycles. The van der Waals surface area contributed by atoms with Gasteiger partial charge in [-0.15, -0.1) is 0 Å². The van der Waals surface area contributed by atoms with Crippen LogP contribution in [0.25, 0.3) is 0 Å². The molecule has 1 atom stereocenters. The first-order chi connectivity index (χ1) is 18.1. The Kier molecular flexibility index (Phi) is 8.39. The minimum Gasteiger partial charge on any atom is -0.446 e. The summed E-state index contributed by atoms with van der Waals surface area (Å²) in [5.74, 6) is 0.310. The molecule has 0 radical (unpaired) electrons. The number of pyridine rings is 1. The van der Waals surface area contributed by atoms with Crippen LogP contribution in [0.2, 0.25) is 0 Å². The molecule has 1 spiro atoms. The molecule has 5 rings (SSSR count). The molecule has 1 N–H and O–H groups in total. The Bertz CT molecular complexity index is 1020. The largest absolute Gasteiger partial charge is 0.446 e. The summed E-state index contributed by atoms with van der Waals surface area (Å²) in [5, 5.41) is 3.15. The van der Waals surface area contributed by atoms with Crippen LogP contribution in [0.5, 0.6) is 0 Å². The molecule has 198 valence electrons. The Morgan fingerprint density at radius 2 is 1.78 bits per heavy atom. The number of benzene rings is 1. The molecule has 2 aliphatic heterocycles. The molecule has 0 unspecified atom stereocenters. The van der Waals surface area contributed by atoms with E-state index in [-0.39, 0.29) is 23.7 Å². The van der Waals surface area contributed by atoms with Crippen LogP contribution >= 0.6 is 0 Å². The fraction of sp³-hybridized carbons (Fsp3) is 0.567. The summed E-state index contributed by atoms with van der Waals surface area (Å²) >= 11 is 0. The predicted molar refractivity (Wildman–Crippen MR) is 143 cm³/mol. The van der Waals surface area contributed by atoms with E-state index in [9.17, 15) is 9.59 Å². The summed E-state index contributed by atoms with van der Waals surface area (Å²) in [6.45, 7) is 4.20. The number of amides is 2. The van der Waals surface area contributed by atoms with Crippen molar-refractivity contribution >= 4 is 12.0 Å². The second-order valence-electron chi connectivity index (χ2n) is 11.0. The van der Waals surface area contributed by atoms with Gasteiger partial charge in [0.25, 0.3) is 0 Å². The van der Waals surface area contributed by atoms with Gasteiger partial charge in [-0.2, -0.15) is 0 Å². The van der Waals surface area contributed by atoms with Crippen LogP contribution in [0, 0.1) is 5.41 Å². The summed E-state index contributed by atoms with van der Waals surface area (Å²) in [4.78, 5) is 34.7. The molecule has 7 nitrogen and oxygen atoms in total. The van der Waals surface area contributed by atoms with Gasteiger partial charge in [-0.05, 0) is 81.6 Å². The Hall–Kier alpha value is -2.93. The van der Waals surface area contributed by atoms with Crippen LogP contribution in [0.3, 0.4) is 0 Å². The number of likely N-dealkylation sites (tertiary alicyclic amines) is 2. The topological polar surface area (TPSA) is 74.8 Å². The molecule has 1 aromatic heterocycles. The minimum absolute atomic E-state index is 0.0464. The maximum absolute atomic E-state index is 13.4. The SMILES string of the molecule is O=C(N[C@@H](CCN1CCC2(CC1)CCN(Cc1cccnc1)C2=O)c1ccccc1)OC1CCCCC1. The molecule has 2 amide bonds. The molecule has 3 aliphatic rings. The van der Waals surface area contributed by atoms with Crippen LogP contribution in [0.4, 0.5) is 4.79 Å². The smallest absolute Gasteiger partial charge is 0.407 e. The third-order valence-corrected chi connectivity index (χ3v) is 8.56. The van der Waals surface area contributed by atoms with Gasteiger partial charge in [0, 0.05) is 32.0 Å². The molecule has 3 heterocycles. The molecule has 37 heavy (non-hydrogen) atoms. The van der Waals surface area contributed by atoms with Gasteiger partial charge in [-0.25, -0.2) is 4.79 Å². The Morgan fingerprint density at radius 1 is 1.03 bits per heavy atom. The zero-order valence-electron chi connectivity index (χ0n) is 21.8. The second kappa shape index (κ2) is 12.1. The summed E-state index contributed by atoms with van der Waals surface area (Å²) in [6, 6.07) is 14.1. The first-order valence-electron chi connectivity index (χ1n) is 14.0. The van der Waals surface area contributed by atoms with Gasteiger partial charge in [-0.3, -0.25) is 9.78 Å². The van der Waals surface area contributed by atoms with Crippen LogP contribution < -0.4 is 5.32 Å². The monoisotopic (exact) mass is 504 g/mol. The van der Waals surface area contributed by atoms with E-state index in [1.807, 2.05) is 41.4 Å². The van der Waals surface area contributed by atoms with Crippen molar-refractivity contribution in [3.8, 4) is 0 Å². The molecular formula is C30H40N4O3. The number of ether oxygens (including phenoxy) is 1. The van der Waals surface area contributed by atoms with Gasteiger partial charge >= 0.3 is 6.09 Å². The van der Waals surface area contributed by atoms with E-state index < -0.39 is 0 Å². The number of hydrogen-bond donors (Lipinski definition) is 1.